The second kappa shape index (κ2) is 6.82. The number of aromatic hydroxyl groups is 3. The minimum Gasteiger partial charge on any atom is -0.509 e. The highest BCUT2D eigenvalue weighted by Gasteiger charge is 2.44. The van der Waals surface area contributed by atoms with Gasteiger partial charge in [0.05, 0.1) is 5.56 Å². The third-order valence-corrected chi connectivity index (χ3v) is 6.13. The number of aliphatic hydroxyl groups excluding tert-OH is 3. The van der Waals surface area contributed by atoms with Crippen LogP contribution in [0.25, 0.3) is 22.3 Å². The Morgan fingerprint density at radius 1 is 0.677 bits per heavy atom. The maximum Gasteiger partial charge on any atom is 0.169 e. The van der Waals surface area contributed by atoms with Gasteiger partial charge in [-0.25, -0.2) is 0 Å². The highest BCUT2D eigenvalue weighted by molar-refractivity contribution is 5.85. The fourth-order valence-corrected chi connectivity index (χ4v) is 4.59. The van der Waals surface area contributed by atoms with Crippen LogP contribution in [0.4, 0.5) is 0 Å². The van der Waals surface area contributed by atoms with E-state index in [1.807, 2.05) is 42.5 Å². The van der Waals surface area contributed by atoms with E-state index in [2.05, 4.69) is 0 Å². The number of hydrogen-bond acceptors (Lipinski definition) is 6. The van der Waals surface area contributed by atoms with E-state index in [9.17, 15) is 30.6 Å². The first-order valence-electron chi connectivity index (χ1n) is 9.84. The molecule has 2 aliphatic rings. The lowest BCUT2D eigenvalue weighted by Gasteiger charge is -2.25. The van der Waals surface area contributed by atoms with E-state index < -0.39 is 29.3 Å². The van der Waals surface area contributed by atoms with Gasteiger partial charge in [0.2, 0.25) is 0 Å². The van der Waals surface area contributed by atoms with E-state index in [0.717, 1.165) is 17.2 Å². The fourth-order valence-electron chi connectivity index (χ4n) is 4.59. The Morgan fingerprint density at radius 3 is 1.97 bits per heavy atom. The van der Waals surface area contributed by atoms with Crippen LogP contribution >= 0.6 is 0 Å². The van der Waals surface area contributed by atoms with Crippen LogP contribution in [0.1, 0.15) is 17.0 Å². The molecule has 0 aromatic heterocycles. The van der Waals surface area contributed by atoms with Crippen LogP contribution in [-0.2, 0) is 6.42 Å². The van der Waals surface area contributed by atoms with E-state index in [1.165, 1.54) is 0 Å². The Balaban J connectivity index is 1.64. The lowest BCUT2D eigenvalue weighted by molar-refractivity contribution is 0.130. The lowest BCUT2D eigenvalue weighted by Crippen LogP contribution is -2.24. The minimum absolute atomic E-state index is 0.0706. The monoisotopic (exact) mass is 416 g/mol. The van der Waals surface area contributed by atoms with Crippen LogP contribution in [0, 0.1) is 0 Å². The van der Waals surface area contributed by atoms with Crippen LogP contribution in [0.2, 0.25) is 0 Å². The number of phenolic OH excluding ortho intramolecular Hbond substituents is 3. The van der Waals surface area contributed by atoms with Crippen molar-refractivity contribution in [1.82, 2.24) is 0 Å². The summed E-state index contributed by atoms with van der Waals surface area (Å²) in [5.41, 5.74) is 3.32. The highest BCUT2D eigenvalue weighted by Crippen LogP contribution is 2.57. The van der Waals surface area contributed by atoms with Crippen molar-refractivity contribution in [1.29, 1.82) is 0 Å². The van der Waals surface area contributed by atoms with Gasteiger partial charge in [0, 0.05) is 29.5 Å². The second-order valence-corrected chi connectivity index (χ2v) is 7.84. The van der Waals surface area contributed by atoms with E-state index in [1.54, 1.807) is 12.1 Å². The molecule has 0 amide bonds. The molecular weight excluding hydrogens is 396 g/mol. The molecule has 0 saturated carbocycles. The first kappa shape index (κ1) is 19.1. The second-order valence-electron chi connectivity index (χ2n) is 7.84. The summed E-state index contributed by atoms with van der Waals surface area (Å²) in [6.45, 7) is 0. The third-order valence-electron chi connectivity index (χ3n) is 6.13. The zero-order valence-corrected chi connectivity index (χ0v) is 16.3. The molecule has 2 atom stereocenters. The Morgan fingerprint density at radius 2 is 1.29 bits per heavy atom. The van der Waals surface area contributed by atoms with Gasteiger partial charge in [0.1, 0.15) is 23.4 Å². The topological polar surface area (TPSA) is 121 Å². The summed E-state index contributed by atoms with van der Waals surface area (Å²) in [6.07, 6.45) is -0.270. The van der Waals surface area contributed by atoms with Crippen molar-refractivity contribution in [2.24, 2.45) is 0 Å². The molecule has 3 aromatic carbocycles. The number of benzene rings is 3. The predicted molar refractivity (Wildman–Crippen MR) is 115 cm³/mol. The van der Waals surface area contributed by atoms with Crippen LogP contribution < -0.4 is 0 Å². The van der Waals surface area contributed by atoms with Crippen LogP contribution in [0.5, 0.6) is 17.2 Å². The maximum atomic E-state index is 11.0. The van der Waals surface area contributed by atoms with Crippen molar-refractivity contribution < 1.29 is 30.6 Å². The quantitative estimate of drug-likeness (QED) is 0.272. The predicted octanol–water partition coefficient (Wildman–Crippen LogP) is 4.41. The molecule has 2 unspecified atom stereocenters. The van der Waals surface area contributed by atoms with Gasteiger partial charge in [-0.05, 0) is 22.3 Å². The normalized spacial score (nSPS) is 19.7. The zero-order chi connectivity index (χ0) is 21.9. The van der Waals surface area contributed by atoms with E-state index in [0.29, 0.717) is 16.7 Å². The Kier molecular flexibility index (Phi) is 4.20. The van der Waals surface area contributed by atoms with Crippen LogP contribution in [0.3, 0.4) is 0 Å². The molecule has 2 aliphatic carbocycles. The van der Waals surface area contributed by atoms with Crippen molar-refractivity contribution in [3.63, 3.8) is 0 Å². The molecule has 3 aromatic rings. The standard InChI is InChI=1S/C25H20O6/c26-17-11-18(27)23(29)20-15(17)10-16-21(20)25(31)24(30)19(22(16)28)14-8-6-13(7-9-14)12-4-2-1-3-5-12/h1-9,11,20,23,26-31H,10H2. The number of hydrogen-bond donors (Lipinski definition) is 6. The number of fused-ring (bicyclic) bond motifs is 3. The molecule has 156 valence electrons. The van der Waals surface area contributed by atoms with E-state index in [-0.39, 0.29) is 29.1 Å². The van der Waals surface area contributed by atoms with Gasteiger partial charge < -0.3 is 30.6 Å². The molecular formula is C25H20O6. The van der Waals surface area contributed by atoms with E-state index in [4.69, 9.17) is 0 Å². The number of allylic oxidation sites excluding steroid dienone is 1. The zero-order valence-electron chi connectivity index (χ0n) is 16.3. The van der Waals surface area contributed by atoms with Gasteiger partial charge in [0.25, 0.3) is 0 Å². The van der Waals surface area contributed by atoms with Crippen molar-refractivity contribution in [3.05, 3.63) is 88.9 Å². The Labute approximate surface area is 177 Å². The van der Waals surface area contributed by atoms with Gasteiger partial charge >= 0.3 is 0 Å². The molecule has 0 saturated heterocycles. The van der Waals surface area contributed by atoms with Gasteiger partial charge in [-0.15, -0.1) is 0 Å². The average molecular weight is 416 g/mol. The van der Waals surface area contributed by atoms with Gasteiger partial charge in [-0.2, -0.15) is 0 Å². The van der Waals surface area contributed by atoms with Crippen molar-refractivity contribution in [2.45, 2.75) is 18.4 Å². The molecule has 6 heteroatoms. The molecule has 0 bridgehead atoms. The highest BCUT2D eigenvalue weighted by atomic mass is 16.3. The number of rotatable bonds is 2. The maximum absolute atomic E-state index is 11.0. The first-order valence-corrected chi connectivity index (χ1v) is 9.84. The fraction of sp³-hybridized carbons (Fsp3) is 0.120. The Bertz CT molecular complexity index is 1260. The largest absolute Gasteiger partial charge is 0.509 e. The molecule has 0 aliphatic heterocycles. The van der Waals surface area contributed by atoms with Gasteiger partial charge in [-0.1, -0.05) is 54.6 Å². The first-order chi connectivity index (χ1) is 14.9. The van der Waals surface area contributed by atoms with Crippen molar-refractivity contribution >= 4 is 0 Å². The van der Waals surface area contributed by atoms with E-state index >= 15 is 0 Å². The van der Waals surface area contributed by atoms with Crippen molar-refractivity contribution in [2.75, 3.05) is 0 Å². The summed E-state index contributed by atoms with van der Waals surface area (Å²) in [5.74, 6) is -2.87. The smallest absolute Gasteiger partial charge is 0.169 e. The average Bonchev–Trinajstić information content (AvgIpc) is 3.19. The van der Waals surface area contributed by atoms with Crippen molar-refractivity contribution in [3.8, 4) is 39.5 Å². The summed E-state index contributed by atoms with van der Waals surface area (Å²) in [5, 5.41) is 63.1. The number of aliphatic hydroxyl groups is 3. The molecule has 6 nitrogen and oxygen atoms in total. The Hall–Kier alpha value is -3.90. The molecule has 5 rings (SSSR count). The summed E-state index contributed by atoms with van der Waals surface area (Å²) >= 11 is 0. The molecule has 31 heavy (non-hydrogen) atoms. The number of phenols is 3. The summed E-state index contributed by atoms with van der Waals surface area (Å²) in [4.78, 5) is 0. The molecule has 0 fully saturated rings. The summed E-state index contributed by atoms with van der Waals surface area (Å²) in [6, 6.07) is 16.9. The van der Waals surface area contributed by atoms with Gasteiger partial charge in [0.15, 0.2) is 11.5 Å². The molecule has 0 heterocycles. The third kappa shape index (κ3) is 2.76. The van der Waals surface area contributed by atoms with Crippen LogP contribution in [-0.4, -0.2) is 36.7 Å². The lowest BCUT2D eigenvalue weighted by atomic mass is 9.85. The molecule has 0 spiro atoms. The minimum atomic E-state index is -1.40. The molecule has 6 N–H and O–H groups in total. The summed E-state index contributed by atoms with van der Waals surface area (Å²) in [7, 11) is 0. The summed E-state index contributed by atoms with van der Waals surface area (Å²) < 4.78 is 0. The SMILES string of the molecule is OC1=CC(O)=C2Cc3c(O)c(-c4ccc(-c5ccccc5)cc4)c(O)c(O)c3C2C1O. The van der Waals surface area contributed by atoms with Gasteiger partial charge in [-0.3, -0.25) is 0 Å². The molecule has 0 radical (unpaired) electrons. The van der Waals surface area contributed by atoms with Crippen LogP contribution in [0.15, 0.2) is 77.8 Å².